The van der Waals surface area contributed by atoms with E-state index in [1.54, 1.807) is 6.07 Å². The summed E-state index contributed by atoms with van der Waals surface area (Å²) in [6, 6.07) is 5.40. The first-order valence-electron chi connectivity index (χ1n) is 5.86. The number of phenols is 1. The highest BCUT2D eigenvalue weighted by atomic mass is 35.5. The van der Waals surface area contributed by atoms with E-state index in [9.17, 15) is 5.11 Å². The van der Waals surface area contributed by atoms with Gasteiger partial charge in [-0.3, -0.25) is 0 Å². The Morgan fingerprint density at radius 2 is 2.35 bits per heavy atom. The molecule has 0 bridgehead atoms. The summed E-state index contributed by atoms with van der Waals surface area (Å²) >= 11 is 5.87. The number of hydrogen-bond acceptors (Lipinski definition) is 3. The van der Waals surface area contributed by atoms with Gasteiger partial charge in [-0.1, -0.05) is 23.7 Å². The van der Waals surface area contributed by atoms with E-state index in [0.29, 0.717) is 11.6 Å². The summed E-state index contributed by atoms with van der Waals surface area (Å²) in [6.07, 6.45) is 1.17. The van der Waals surface area contributed by atoms with Crippen molar-refractivity contribution in [2.24, 2.45) is 0 Å². The molecule has 2 N–H and O–H groups in total. The molecule has 17 heavy (non-hydrogen) atoms. The number of hydrogen-bond donors (Lipinski definition) is 2. The van der Waals surface area contributed by atoms with Gasteiger partial charge >= 0.3 is 0 Å². The second-order valence-electron chi connectivity index (χ2n) is 4.78. The predicted molar refractivity (Wildman–Crippen MR) is 68.4 cm³/mol. The van der Waals surface area contributed by atoms with E-state index in [1.165, 1.54) is 0 Å². The fraction of sp³-hybridized carbons (Fsp3) is 0.538. The van der Waals surface area contributed by atoms with Gasteiger partial charge in [-0.2, -0.15) is 0 Å². The molecule has 1 heterocycles. The Labute approximate surface area is 107 Å². The first-order chi connectivity index (χ1) is 8.03. The van der Waals surface area contributed by atoms with Crippen LogP contribution in [-0.4, -0.2) is 23.4 Å². The number of ether oxygens (including phenoxy) is 1. The van der Waals surface area contributed by atoms with Gasteiger partial charge < -0.3 is 15.2 Å². The Hall–Kier alpha value is -0.770. The van der Waals surface area contributed by atoms with Crippen LogP contribution in [0.25, 0.3) is 0 Å². The first-order valence-corrected chi connectivity index (χ1v) is 6.24. The largest absolute Gasteiger partial charge is 0.506 e. The SMILES string of the molecule is CC1OCCC1(C)NCc1cccc(Cl)c1O. The number of para-hydroxylation sites is 1. The quantitative estimate of drug-likeness (QED) is 0.873. The van der Waals surface area contributed by atoms with E-state index in [2.05, 4.69) is 19.2 Å². The van der Waals surface area contributed by atoms with Crippen LogP contribution in [0.1, 0.15) is 25.8 Å². The normalized spacial score (nSPS) is 28.5. The molecule has 1 aliphatic heterocycles. The van der Waals surface area contributed by atoms with Gasteiger partial charge in [0.1, 0.15) is 5.75 Å². The predicted octanol–water partition coefficient (Wildman–Crippen LogP) is 2.70. The standard InChI is InChI=1S/C13H18ClNO2/c1-9-13(2,6-7-17-9)15-8-10-4-3-5-11(14)12(10)16/h3-5,9,15-16H,6-8H2,1-2H3. The summed E-state index contributed by atoms with van der Waals surface area (Å²) in [5, 5.41) is 13.7. The van der Waals surface area contributed by atoms with Crippen molar-refractivity contribution in [1.82, 2.24) is 5.32 Å². The summed E-state index contributed by atoms with van der Waals surface area (Å²) in [6.45, 7) is 5.59. The highest BCUT2D eigenvalue weighted by Crippen LogP contribution is 2.29. The number of halogens is 1. The molecule has 1 aromatic carbocycles. The Morgan fingerprint density at radius 3 is 3.00 bits per heavy atom. The fourth-order valence-corrected chi connectivity index (χ4v) is 2.26. The van der Waals surface area contributed by atoms with Crippen molar-refractivity contribution >= 4 is 11.6 Å². The van der Waals surface area contributed by atoms with Crippen LogP contribution in [0.2, 0.25) is 5.02 Å². The molecular formula is C13H18ClNO2. The number of aromatic hydroxyl groups is 1. The van der Waals surface area contributed by atoms with Crippen molar-refractivity contribution in [2.45, 2.75) is 38.5 Å². The molecule has 1 aliphatic rings. The van der Waals surface area contributed by atoms with Crippen LogP contribution in [0.3, 0.4) is 0 Å². The van der Waals surface area contributed by atoms with Crippen molar-refractivity contribution in [3.63, 3.8) is 0 Å². The zero-order chi connectivity index (χ0) is 12.5. The molecule has 0 amide bonds. The molecule has 2 rings (SSSR count). The third kappa shape index (κ3) is 2.57. The lowest BCUT2D eigenvalue weighted by atomic mass is 9.94. The minimum absolute atomic E-state index is 0.0330. The third-order valence-electron chi connectivity index (χ3n) is 3.64. The van der Waals surface area contributed by atoms with Crippen LogP contribution >= 0.6 is 11.6 Å². The maximum atomic E-state index is 9.82. The Kier molecular flexibility index (Phi) is 3.61. The average molecular weight is 256 g/mol. The van der Waals surface area contributed by atoms with Gasteiger partial charge in [0.15, 0.2) is 0 Å². The summed E-state index contributed by atoms with van der Waals surface area (Å²) in [7, 11) is 0. The van der Waals surface area contributed by atoms with E-state index in [1.807, 2.05) is 12.1 Å². The molecule has 0 radical (unpaired) electrons. The zero-order valence-corrected chi connectivity index (χ0v) is 10.9. The molecule has 2 atom stereocenters. The molecule has 94 valence electrons. The van der Waals surface area contributed by atoms with Crippen LogP contribution in [0, 0.1) is 0 Å². The van der Waals surface area contributed by atoms with Crippen LogP contribution in [-0.2, 0) is 11.3 Å². The highest BCUT2D eigenvalue weighted by molar-refractivity contribution is 6.32. The maximum Gasteiger partial charge on any atom is 0.138 e. The molecule has 0 aliphatic carbocycles. The molecule has 0 aromatic heterocycles. The molecule has 1 fully saturated rings. The summed E-state index contributed by atoms with van der Waals surface area (Å²) in [5.41, 5.74) is 0.784. The van der Waals surface area contributed by atoms with E-state index in [4.69, 9.17) is 16.3 Å². The van der Waals surface area contributed by atoms with Gasteiger partial charge in [-0.15, -0.1) is 0 Å². The molecule has 1 aromatic rings. The van der Waals surface area contributed by atoms with Crippen molar-refractivity contribution in [1.29, 1.82) is 0 Å². The molecule has 0 saturated carbocycles. The Bertz CT molecular complexity index is 410. The smallest absolute Gasteiger partial charge is 0.138 e. The topological polar surface area (TPSA) is 41.5 Å². The minimum Gasteiger partial charge on any atom is -0.506 e. The van der Waals surface area contributed by atoms with Gasteiger partial charge in [-0.05, 0) is 26.3 Å². The van der Waals surface area contributed by atoms with Gasteiger partial charge in [-0.25, -0.2) is 0 Å². The molecule has 3 nitrogen and oxygen atoms in total. The fourth-order valence-electron chi connectivity index (χ4n) is 2.07. The van der Waals surface area contributed by atoms with E-state index in [0.717, 1.165) is 18.6 Å². The minimum atomic E-state index is -0.0330. The second kappa shape index (κ2) is 4.84. The summed E-state index contributed by atoms with van der Waals surface area (Å²) in [4.78, 5) is 0. The number of nitrogens with one attached hydrogen (secondary N) is 1. The first kappa shape index (κ1) is 12.7. The molecule has 4 heteroatoms. The van der Waals surface area contributed by atoms with Crippen molar-refractivity contribution in [2.75, 3.05) is 6.61 Å². The third-order valence-corrected chi connectivity index (χ3v) is 3.94. The monoisotopic (exact) mass is 255 g/mol. The number of phenolic OH excluding ortho intramolecular Hbond substituents is 1. The second-order valence-corrected chi connectivity index (χ2v) is 5.19. The van der Waals surface area contributed by atoms with Crippen LogP contribution in [0.4, 0.5) is 0 Å². The van der Waals surface area contributed by atoms with E-state index >= 15 is 0 Å². The summed E-state index contributed by atoms with van der Waals surface area (Å²) < 4.78 is 5.56. The molecule has 2 unspecified atom stereocenters. The van der Waals surface area contributed by atoms with Gasteiger partial charge in [0, 0.05) is 24.3 Å². The van der Waals surface area contributed by atoms with Gasteiger partial charge in [0.25, 0.3) is 0 Å². The Morgan fingerprint density at radius 1 is 1.59 bits per heavy atom. The van der Waals surface area contributed by atoms with Gasteiger partial charge in [0.05, 0.1) is 11.1 Å². The van der Waals surface area contributed by atoms with E-state index < -0.39 is 0 Å². The van der Waals surface area contributed by atoms with E-state index in [-0.39, 0.29) is 17.4 Å². The molecule has 1 saturated heterocycles. The lowest BCUT2D eigenvalue weighted by molar-refractivity contribution is 0.0880. The van der Waals surface area contributed by atoms with Gasteiger partial charge in [0.2, 0.25) is 0 Å². The molecular weight excluding hydrogens is 238 g/mol. The zero-order valence-electron chi connectivity index (χ0n) is 10.2. The Balaban J connectivity index is 2.05. The lowest BCUT2D eigenvalue weighted by Gasteiger charge is -2.29. The van der Waals surface area contributed by atoms with Crippen molar-refractivity contribution in [3.05, 3.63) is 28.8 Å². The average Bonchev–Trinajstić information content (AvgIpc) is 2.62. The number of rotatable bonds is 3. The maximum absolute atomic E-state index is 9.82. The lowest BCUT2D eigenvalue weighted by Crippen LogP contribution is -2.47. The van der Waals surface area contributed by atoms with Crippen LogP contribution in [0.5, 0.6) is 5.75 Å². The van der Waals surface area contributed by atoms with Crippen molar-refractivity contribution in [3.8, 4) is 5.75 Å². The van der Waals surface area contributed by atoms with Crippen LogP contribution < -0.4 is 5.32 Å². The highest BCUT2D eigenvalue weighted by Gasteiger charge is 2.36. The van der Waals surface area contributed by atoms with Crippen molar-refractivity contribution < 1.29 is 9.84 Å². The molecule has 0 spiro atoms. The summed E-state index contributed by atoms with van der Waals surface area (Å²) in [5.74, 6) is 0.164. The van der Waals surface area contributed by atoms with Crippen LogP contribution in [0.15, 0.2) is 18.2 Å². The number of benzene rings is 1.